The molecule has 0 aliphatic carbocycles. The molecular weight excluding hydrogens is 332 g/mol. The van der Waals surface area contributed by atoms with Gasteiger partial charge in [0, 0.05) is 16.5 Å². The van der Waals surface area contributed by atoms with Crippen LogP contribution in [-0.4, -0.2) is 18.9 Å². The van der Waals surface area contributed by atoms with Crippen LogP contribution >= 0.6 is 0 Å². The van der Waals surface area contributed by atoms with Crippen LogP contribution < -0.4 is 15.6 Å². The summed E-state index contributed by atoms with van der Waals surface area (Å²) in [5.74, 6) is -0.0836. The number of hydrogen-bond acceptors (Lipinski definition) is 4. The van der Waals surface area contributed by atoms with Crippen LogP contribution in [0.5, 0.6) is 5.75 Å². The summed E-state index contributed by atoms with van der Waals surface area (Å²) in [4.78, 5) is 24.5. The molecular formula is C20H20N2O4. The molecule has 0 fully saturated rings. The van der Waals surface area contributed by atoms with Gasteiger partial charge in [0.2, 0.25) is 0 Å². The van der Waals surface area contributed by atoms with Crippen molar-refractivity contribution in [1.29, 1.82) is 0 Å². The van der Waals surface area contributed by atoms with Crippen molar-refractivity contribution < 1.29 is 18.7 Å². The zero-order chi connectivity index (χ0) is 18.7. The Hall–Kier alpha value is -3.28. The van der Waals surface area contributed by atoms with Crippen molar-refractivity contribution in [3.8, 4) is 5.75 Å². The SMILES string of the molecule is CCc1ccc(C(=O)NNC(=O)c2oc3ccc(OC)cc3c2C)cc1. The quantitative estimate of drug-likeness (QED) is 0.705. The fourth-order valence-electron chi connectivity index (χ4n) is 2.68. The highest BCUT2D eigenvalue weighted by atomic mass is 16.5. The molecule has 2 aromatic carbocycles. The number of nitrogens with one attached hydrogen (secondary N) is 2. The van der Waals surface area contributed by atoms with E-state index >= 15 is 0 Å². The Kier molecular flexibility index (Phi) is 4.93. The van der Waals surface area contributed by atoms with Gasteiger partial charge in [0.15, 0.2) is 5.76 Å². The van der Waals surface area contributed by atoms with Crippen molar-refractivity contribution in [3.63, 3.8) is 0 Å². The number of rotatable bonds is 4. The molecule has 1 aromatic heterocycles. The second-order valence-electron chi connectivity index (χ2n) is 5.88. The first-order chi connectivity index (χ1) is 12.5. The van der Waals surface area contributed by atoms with Crippen LogP contribution in [0.25, 0.3) is 11.0 Å². The van der Waals surface area contributed by atoms with Crippen molar-refractivity contribution in [1.82, 2.24) is 10.9 Å². The van der Waals surface area contributed by atoms with Gasteiger partial charge in [-0.15, -0.1) is 0 Å². The molecule has 0 spiro atoms. The summed E-state index contributed by atoms with van der Waals surface area (Å²) in [6.45, 7) is 3.83. The van der Waals surface area contributed by atoms with E-state index in [0.717, 1.165) is 17.4 Å². The number of benzene rings is 2. The highest BCUT2D eigenvalue weighted by Crippen LogP contribution is 2.28. The Morgan fingerprint density at radius 2 is 1.73 bits per heavy atom. The van der Waals surface area contributed by atoms with Crippen LogP contribution in [0.2, 0.25) is 0 Å². The number of methoxy groups -OCH3 is 1. The molecule has 6 heteroatoms. The lowest BCUT2D eigenvalue weighted by Gasteiger charge is -2.07. The monoisotopic (exact) mass is 352 g/mol. The van der Waals surface area contributed by atoms with Gasteiger partial charge >= 0.3 is 5.91 Å². The van der Waals surface area contributed by atoms with Crippen molar-refractivity contribution in [2.75, 3.05) is 7.11 Å². The van der Waals surface area contributed by atoms with Gasteiger partial charge in [-0.05, 0) is 49.2 Å². The lowest BCUT2D eigenvalue weighted by Crippen LogP contribution is -2.41. The number of furan rings is 1. The average Bonchev–Trinajstić information content (AvgIpc) is 3.02. The molecule has 0 aliphatic rings. The first-order valence-electron chi connectivity index (χ1n) is 8.30. The number of fused-ring (bicyclic) bond motifs is 1. The zero-order valence-electron chi connectivity index (χ0n) is 14.9. The summed E-state index contributed by atoms with van der Waals surface area (Å²) in [6.07, 6.45) is 0.898. The minimum Gasteiger partial charge on any atom is -0.497 e. The second kappa shape index (κ2) is 7.31. The predicted octanol–water partition coefficient (Wildman–Crippen LogP) is 3.39. The van der Waals surface area contributed by atoms with E-state index in [1.165, 1.54) is 0 Å². The third kappa shape index (κ3) is 3.39. The Balaban J connectivity index is 1.72. The molecule has 3 aromatic rings. The molecule has 0 saturated heterocycles. The minimum atomic E-state index is -0.517. The first-order valence-corrected chi connectivity index (χ1v) is 8.30. The van der Waals surface area contributed by atoms with Crippen LogP contribution in [0.15, 0.2) is 46.9 Å². The molecule has 0 radical (unpaired) electrons. The number of carbonyl (C=O) groups excluding carboxylic acids is 2. The first kappa shape index (κ1) is 17.5. The van der Waals surface area contributed by atoms with Crippen LogP contribution in [0, 0.1) is 6.92 Å². The molecule has 26 heavy (non-hydrogen) atoms. The minimum absolute atomic E-state index is 0.148. The fraction of sp³-hybridized carbons (Fsp3) is 0.200. The highest BCUT2D eigenvalue weighted by Gasteiger charge is 2.19. The Morgan fingerprint density at radius 3 is 2.38 bits per heavy atom. The average molecular weight is 352 g/mol. The summed E-state index contributed by atoms with van der Waals surface area (Å²) in [5, 5.41) is 0.788. The lowest BCUT2D eigenvalue weighted by molar-refractivity contribution is 0.0831. The van der Waals surface area contributed by atoms with E-state index in [0.29, 0.717) is 22.5 Å². The van der Waals surface area contributed by atoms with Crippen LogP contribution in [-0.2, 0) is 6.42 Å². The van der Waals surface area contributed by atoms with Gasteiger partial charge in [-0.3, -0.25) is 20.4 Å². The number of hydrogen-bond donors (Lipinski definition) is 2. The van der Waals surface area contributed by atoms with E-state index in [1.807, 2.05) is 19.1 Å². The zero-order valence-corrected chi connectivity index (χ0v) is 14.9. The fourth-order valence-corrected chi connectivity index (χ4v) is 2.68. The van der Waals surface area contributed by atoms with Crippen LogP contribution in [0.4, 0.5) is 0 Å². The molecule has 2 N–H and O–H groups in total. The van der Waals surface area contributed by atoms with Gasteiger partial charge in [-0.1, -0.05) is 19.1 Å². The van der Waals surface area contributed by atoms with Gasteiger partial charge in [0.25, 0.3) is 5.91 Å². The van der Waals surface area contributed by atoms with Crippen molar-refractivity contribution >= 4 is 22.8 Å². The Labute approximate surface area is 151 Å². The molecule has 3 rings (SSSR count). The summed E-state index contributed by atoms with van der Waals surface area (Å²) < 4.78 is 10.8. The molecule has 0 unspecified atom stereocenters. The number of carbonyl (C=O) groups is 2. The van der Waals surface area contributed by atoms with Crippen molar-refractivity contribution in [3.05, 3.63) is 64.9 Å². The molecule has 134 valence electrons. The largest absolute Gasteiger partial charge is 0.497 e. The summed E-state index contributed by atoms with van der Waals surface area (Å²) in [7, 11) is 1.58. The maximum absolute atomic E-state index is 12.4. The third-order valence-corrected chi connectivity index (χ3v) is 4.26. The van der Waals surface area contributed by atoms with Crippen molar-refractivity contribution in [2.24, 2.45) is 0 Å². The second-order valence-corrected chi connectivity index (χ2v) is 5.88. The van der Waals surface area contributed by atoms with E-state index in [2.05, 4.69) is 10.9 Å². The lowest BCUT2D eigenvalue weighted by atomic mass is 10.1. The van der Waals surface area contributed by atoms with E-state index in [-0.39, 0.29) is 5.76 Å². The maximum Gasteiger partial charge on any atom is 0.305 e. The van der Waals surface area contributed by atoms with Gasteiger partial charge in [-0.25, -0.2) is 0 Å². The van der Waals surface area contributed by atoms with E-state index in [1.54, 1.807) is 44.4 Å². The van der Waals surface area contributed by atoms with Gasteiger partial charge in [0.1, 0.15) is 11.3 Å². The molecule has 0 bridgehead atoms. The van der Waals surface area contributed by atoms with Crippen molar-refractivity contribution in [2.45, 2.75) is 20.3 Å². The van der Waals surface area contributed by atoms with Gasteiger partial charge in [0.05, 0.1) is 7.11 Å². The molecule has 0 saturated carbocycles. The van der Waals surface area contributed by atoms with Gasteiger partial charge < -0.3 is 9.15 Å². The Bertz CT molecular complexity index is 958. The molecule has 0 aliphatic heterocycles. The number of aryl methyl sites for hydroxylation is 2. The smallest absolute Gasteiger partial charge is 0.305 e. The van der Waals surface area contributed by atoms with E-state index < -0.39 is 11.8 Å². The summed E-state index contributed by atoms with van der Waals surface area (Å²) in [5.41, 5.74) is 7.66. The normalized spacial score (nSPS) is 10.6. The number of ether oxygens (including phenoxy) is 1. The summed E-state index contributed by atoms with van der Waals surface area (Å²) >= 11 is 0. The molecule has 0 atom stereocenters. The number of hydrazine groups is 1. The van der Waals surface area contributed by atoms with E-state index in [4.69, 9.17) is 9.15 Å². The molecule has 2 amide bonds. The predicted molar refractivity (Wildman–Crippen MR) is 98.3 cm³/mol. The third-order valence-electron chi connectivity index (χ3n) is 4.26. The number of amides is 2. The Morgan fingerprint density at radius 1 is 1.04 bits per heavy atom. The van der Waals surface area contributed by atoms with Crippen LogP contribution in [0.1, 0.15) is 39.0 Å². The van der Waals surface area contributed by atoms with Crippen LogP contribution in [0.3, 0.4) is 0 Å². The maximum atomic E-state index is 12.4. The topological polar surface area (TPSA) is 80.6 Å². The van der Waals surface area contributed by atoms with E-state index in [9.17, 15) is 9.59 Å². The molecule has 1 heterocycles. The molecule has 6 nitrogen and oxygen atoms in total. The van der Waals surface area contributed by atoms with Gasteiger partial charge in [-0.2, -0.15) is 0 Å². The standard InChI is InChI=1S/C20H20N2O4/c1-4-13-5-7-14(8-6-13)19(23)21-22-20(24)18-12(2)16-11-15(25-3)9-10-17(16)26-18/h5-11H,4H2,1-3H3,(H,21,23)(H,22,24). The highest BCUT2D eigenvalue weighted by molar-refractivity contribution is 6.01. The summed E-state index contributed by atoms with van der Waals surface area (Å²) in [6, 6.07) is 12.5.